The number of carbonyl (C=O) groups is 1. The molecule has 0 fully saturated rings. The van der Waals surface area contributed by atoms with Crippen molar-refractivity contribution >= 4 is 21.7 Å². The Balaban J connectivity index is 1.95. The fourth-order valence-corrected chi connectivity index (χ4v) is 2.70. The largest absolute Gasteiger partial charge is 0.493 e. The summed E-state index contributed by atoms with van der Waals surface area (Å²) in [7, 11) is 0. The van der Waals surface area contributed by atoms with Crippen LogP contribution < -0.4 is 4.74 Å². The summed E-state index contributed by atoms with van der Waals surface area (Å²) >= 11 is 3.46. The number of ketones is 1. The zero-order valence-electron chi connectivity index (χ0n) is 11.3. The number of hydrogen-bond acceptors (Lipinski definition) is 2. The van der Waals surface area contributed by atoms with E-state index in [0.717, 1.165) is 51.9 Å². The molecular formula is C17H15BrO2. The first kappa shape index (κ1) is 13.4. The summed E-state index contributed by atoms with van der Waals surface area (Å²) in [4.78, 5) is 12.5. The van der Waals surface area contributed by atoms with Crippen LogP contribution in [0.15, 0.2) is 40.9 Å². The van der Waals surface area contributed by atoms with E-state index in [9.17, 15) is 4.79 Å². The van der Waals surface area contributed by atoms with Gasteiger partial charge in [-0.3, -0.25) is 4.79 Å². The maximum absolute atomic E-state index is 12.5. The van der Waals surface area contributed by atoms with Crippen LogP contribution in [0.4, 0.5) is 0 Å². The van der Waals surface area contributed by atoms with Crippen LogP contribution in [0.2, 0.25) is 0 Å². The van der Waals surface area contributed by atoms with Crippen LogP contribution in [-0.4, -0.2) is 12.4 Å². The van der Waals surface area contributed by atoms with Gasteiger partial charge in [-0.1, -0.05) is 15.9 Å². The summed E-state index contributed by atoms with van der Waals surface area (Å²) in [5.41, 5.74) is 3.66. The topological polar surface area (TPSA) is 26.3 Å². The van der Waals surface area contributed by atoms with Gasteiger partial charge in [0.15, 0.2) is 5.78 Å². The van der Waals surface area contributed by atoms with Gasteiger partial charge in [-0.05, 0) is 67.3 Å². The minimum Gasteiger partial charge on any atom is -0.493 e. The number of ether oxygens (including phenoxy) is 1. The Bertz CT molecular complexity index is 677. The van der Waals surface area contributed by atoms with E-state index in [1.165, 1.54) is 0 Å². The zero-order valence-corrected chi connectivity index (χ0v) is 12.9. The Kier molecular flexibility index (Phi) is 3.62. The summed E-state index contributed by atoms with van der Waals surface area (Å²) in [6, 6.07) is 11.4. The van der Waals surface area contributed by atoms with Crippen LogP contribution >= 0.6 is 15.9 Å². The van der Waals surface area contributed by atoms with Crippen LogP contribution in [0.1, 0.15) is 33.5 Å². The maximum atomic E-state index is 12.5. The molecule has 102 valence electrons. The Morgan fingerprint density at radius 2 is 1.90 bits per heavy atom. The van der Waals surface area contributed by atoms with Crippen LogP contribution in [0.5, 0.6) is 5.75 Å². The Morgan fingerprint density at radius 1 is 1.15 bits per heavy atom. The molecule has 0 saturated carbocycles. The van der Waals surface area contributed by atoms with Crippen molar-refractivity contribution in [2.45, 2.75) is 19.8 Å². The monoisotopic (exact) mass is 330 g/mol. The third-order valence-electron chi connectivity index (χ3n) is 3.59. The fraction of sp³-hybridized carbons (Fsp3) is 0.235. The van der Waals surface area contributed by atoms with E-state index in [1.807, 2.05) is 43.3 Å². The molecule has 2 aromatic carbocycles. The number of carbonyl (C=O) groups excluding carboxylic acids is 1. The highest BCUT2D eigenvalue weighted by Gasteiger charge is 2.15. The van der Waals surface area contributed by atoms with Crippen molar-refractivity contribution < 1.29 is 9.53 Å². The molecule has 1 heterocycles. The lowest BCUT2D eigenvalue weighted by molar-refractivity contribution is 0.103. The molecule has 0 radical (unpaired) electrons. The lowest BCUT2D eigenvalue weighted by atomic mass is 9.97. The van der Waals surface area contributed by atoms with Crippen molar-refractivity contribution in [3.63, 3.8) is 0 Å². The van der Waals surface area contributed by atoms with Gasteiger partial charge in [-0.15, -0.1) is 0 Å². The zero-order chi connectivity index (χ0) is 14.1. The molecule has 0 N–H and O–H groups in total. The molecule has 2 aromatic rings. The number of aryl methyl sites for hydroxylation is 2. The SMILES string of the molecule is Cc1cc(C(=O)c2ccc3c(c2)CCCO3)ccc1Br. The van der Waals surface area contributed by atoms with Crippen LogP contribution in [0.25, 0.3) is 0 Å². The molecule has 0 saturated heterocycles. The van der Waals surface area contributed by atoms with E-state index < -0.39 is 0 Å². The van der Waals surface area contributed by atoms with Gasteiger partial charge in [-0.25, -0.2) is 0 Å². The van der Waals surface area contributed by atoms with E-state index in [-0.39, 0.29) is 5.78 Å². The maximum Gasteiger partial charge on any atom is 0.193 e. The van der Waals surface area contributed by atoms with Gasteiger partial charge in [0, 0.05) is 15.6 Å². The van der Waals surface area contributed by atoms with Gasteiger partial charge in [0.2, 0.25) is 0 Å². The minimum absolute atomic E-state index is 0.0639. The Hall–Kier alpha value is -1.61. The lowest BCUT2D eigenvalue weighted by Crippen LogP contribution is -2.10. The van der Waals surface area contributed by atoms with Crippen molar-refractivity contribution in [3.8, 4) is 5.75 Å². The number of rotatable bonds is 2. The Morgan fingerprint density at radius 3 is 2.70 bits per heavy atom. The van der Waals surface area contributed by atoms with E-state index in [0.29, 0.717) is 0 Å². The summed E-state index contributed by atoms with van der Waals surface area (Å²) in [6.07, 6.45) is 2.00. The number of halogens is 1. The molecule has 0 aliphatic carbocycles. The van der Waals surface area contributed by atoms with Gasteiger partial charge >= 0.3 is 0 Å². The highest BCUT2D eigenvalue weighted by atomic mass is 79.9. The molecule has 1 aliphatic rings. The van der Waals surface area contributed by atoms with Crippen molar-refractivity contribution in [2.24, 2.45) is 0 Å². The number of hydrogen-bond donors (Lipinski definition) is 0. The van der Waals surface area contributed by atoms with Crippen LogP contribution in [0, 0.1) is 6.92 Å². The third-order valence-corrected chi connectivity index (χ3v) is 4.48. The number of benzene rings is 2. The standard InChI is InChI=1S/C17H15BrO2/c1-11-9-13(4-6-15(11)18)17(19)14-5-7-16-12(10-14)3-2-8-20-16/h4-7,9-10H,2-3,8H2,1H3. The van der Waals surface area contributed by atoms with E-state index in [2.05, 4.69) is 15.9 Å². The highest BCUT2D eigenvalue weighted by molar-refractivity contribution is 9.10. The second kappa shape index (κ2) is 5.41. The van der Waals surface area contributed by atoms with Gasteiger partial charge in [0.25, 0.3) is 0 Å². The highest BCUT2D eigenvalue weighted by Crippen LogP contribution is 2.27. The summed E-state index contributed by atoms with van der Waals surface area (Å²) in [5.74, 6) is 0.980. The molecule has 0 unspecified atom stereocenters. The minimum atomic E-state index is 0.0639. The molecular weight excluding hydrogens is 316 g/mol. The summed E-state index contributed by atoms with van der Waals surface area (Å²) in [5, 5.41) is 0. The Labute approximate surface area is 126 Å². The van der Waals surface area contributed by atoms with E-state index in [1.54, 1.807) is 0 Å². The van der Waals surface area contributed by atoms with Gasteiger partial charge in [0.05, 0.1) is 6.61 Å². The predicted octanol–water partition coefficient (Wildman–Crippen LogP) is 4.31. The average molecular weight is 331 g/mol. The molecule has 0 bridgehead atoms. The molecule has 1 aliphatic heterocycles. The first-order valence-corrected chi connectivity index (χ1v) is 7.51. The summed E-state index contributed by atoms with van der Waals surface area (Å²) in [6.45, 7) is 2.76. The molecule has 0 spiro atoms. The van der Waals surface area contributed by atoms with Gasteiger partial charge in [-0.2, -0.15) is 0 Å². The second-order valence-electron chi connectivity index (χ2n) is 5.07. The normalized spacial score (nSPS) is 13.5. The molecule has 2 nitrogen and oxygen atoms in total. The van der Waals surface area contributed by atoms with Crippen molar-refractivity contribution in [3.05, 3.63) is 63.1 Å². The smallest absolute Gasteiger partial charge is 0.193 e. The molecule has 0 aromatic heterocycles. The first-order valence-electron chi connectivity index (χ1n) is 6.72. The van der Waals surface area contributed by atoms with Crippen LogP contribution in [0.3, 0.4) is 0 Å². The van der Waals surface area contributed by atoms with Gasteiger partial charge < -0.3 is 4.74 Å². The van der Waals surface area contributed by atoms with E-state index >= 15 is 0 Å². The first-order chi connectivity index (χ1) is 9.65. The van der Waals surface area contributed by atoms with Crippen molar-refractivity contribution in [1.82, 2.24) is 0 Å². The van der Waals surface area contributed by atoms with Crippen molar-refractivity contribution in [2.75, 3.05) is 6.61 Å². The third kappa shape index (κ3) is 2.50. The van der Waals surface area contributed by atoms with Crippen molar-refractivity contribution in [1.29, 1.82) is 0 Å². The molecule has 0 atom stereocenters. The average Bonchev–Trinajstić information content (AvgIpc) is 2.49. The van der Waals surface area contributed by atoms with Crippen LogP contribution in [-0.2, 0) is 6.42 Å². The molecule has 3 heteroatoms. The molecule has 3 rings (SSSR count). The quantitative estimate of drug-likeness (QED) is 0.767. The summed E-state index contributed by atoms with van der Waals surface area (Å²) < 4.78 is 6.60. The second-order valence-corrected chi connectivity index (χ2v) is 5.92. The van der Waals surface area contributed by atoms with Gasteiger partial charge in [0.1, 0.15) is 5.75 Å². The number of fused-ring (bicyclic) bond motifs is 1. The fourth-order valence-electron chi connectivity index (χ4n) is 2.45. The predicted molar refractivity (Wildman–Crippen MR) is 82.6 cm³/mol. The lowest BCUT2D eigenvalue weighted by Gasteiger charge is -2.17. The van der Waals surface area contributed by atoms with E-state index in [4.69, 9.17) is 4.74 Å². The molecule has 0 amide bonds. The molecule has 20 heavy (non-hydrogen) atoms.